The van der Waals surface area contributed by atoms with Gasteiger partial charge in [-0.25, -0.2) is 0 Å². The molecule has 0 atom stereocenters. The van der Waals surface area contributed by atoms with E-state index in [0.717, 1.165) is 34.8 Å². The molecular weight excluding hydrogens is 561 g/mol. The lowest BCUT2D eigenvalue weighted by Crippen LogP contribution is -2.14. The summed E-state index contributed by atoms with van der Waals surface area (Å²) in [6.45, 7) is 1.41. The van der Waals surface area contributed by atoms with Crippen molar-refractivity contribution in [3.05, 3.63) is 98.1 Å². The molecule has 0 radical (unpaired) electrons. The summed E-state index contributed by atoms with van der Waals surface area (Å²) in [5, 5.41) is 12.3. The van der Waals surface area contributed by atoms with Crippen LogP contribution in [0.5, 0.6) is 5.75 Å². The number of nitrogens with two attached hydrogens (primary N) is 1. The third kappa shape index (κ3) is 6.54. The molecule has 4 aromatic rings. The standard InChI is InChI=1S/C29H23F3N2O4S2/c1-16(21-15-39-27(26(21)37)18-6-9-19(10-7-18)29(30,31)32)34-14-23(36)25-13-12-24(40-25)22(35)11-8-17-4-2-3-5-20(17)28(33)38/h2-7,9-10,12-13,15,37H,8,11,14H2,1H3,(H2,33,38). The van der Waals surface area contributed by atoms with Crippen molar-refractivity contribution in [1.29, 1.82) is 0 Å². The number of alkyl halides is 3. The maximum Gasteiger partial charge on any atom is 0.416 e. The van der Waals surface area contributed by atoms with Gasteiger partial charge in [0.25, 0.3) is 0 Å². The van der Waals surface area contributed by atoms with Crippen molar-refractivity contribution in [3.8, 4) is 16.2 Å². The van der Waals surface area contributed by atoms with Crippen LogP contribution in [0.4, 0.5) is 13.2 Å². The van der Waals surface area contributed by atoms with E-state index in [9.17, 15) is 32.7 Å². The molecule has 0 fully saturated rings. The fourth-order valence-electron chi connectivity index (χ4n) is 3.96. The number of rotatable bonds is 10. The molecule has 2 aromatic heterocycles. The number of carbonyl (C=O) groups excluding carboxylic acids is 3. The van der Waals surface area contributed by atoms with Crippen LogP contribution < -0.4 is 5.73 Å². The van der Waals surface area contributed by atoms with Gasteiger partial charge in [-0.1, -0.05) is 30.3 Å². The number of hydrogen-bond acceptors (Lipinski definition) is 7. The molecule has 206 valence electrons. The lowest BCUT2D eigenvalue weighted by molar-refractivity contribution is -0.137. The second kappa shape index (κ2) is 12.0. The Labute approximate surface area is 235 Å². The van der Waals surface area contributed by atoms with Gasteiger partial charge in [-0.3, -0.25) is 19.4 Å². The first-order valence-electron chi connectivity index (χ1n) is 12.0. The van der Waals surface area contributed by atoms with Crippen molar-refractivity contribution in [1.82, 2.24) is 0 Å². The third-order valence-corrected chi connectivity index (χ3v) is 8.33. The van der Waals surface area contributed by atoms with E-state index >= 15 is 0 Å². The number of Topliss-reactive ketones (excluding diaryl/α,β-unsaturated/α-hetero) is 2. The van der Waals surface area contributed by atoms with E-state index in [4.69, 9.17) is 5.73 Å². The predicted molar refractivity (Wildman–Crippen MR) is 150 cm³/mol. The van der Waals surface area contributed by atoms with Gasteiger partial charge < -0.3 is 10.8 Å². The van der Waals surface area contributed by atoms with Crippen molar-refractivity contribution in [2.75, 3.05) is 6.54 Å². The van der Waals surface area contributed by atoms with Crippen LogP contribution in [0.25, 0.3) is 10.4 Å². The maximum atomic E-state index is 12.8. The predicted octanol–water partition coefficient (Wildman–Crippen LogP) is 6.81. The highest BCUT2D eigenvalue weighted by Crippen LogP contribution is 2.40. The highest BCUT2D eigenvalue weighted by molar-refractivity contribution is 7.16. The number of hydrogen-bond donors (Lipinski definition) is 2. The van der Waals surface area contributed by atoms with E-state index < -0.39 is 17.6 Å². The first kappa shape index (κ1) is 28.9. The molecule has 0 aliphatic heterocycles. The van der Waals surface area contributed by atoms with Crippen molar-refractivity contribution in [3.63, 3.8) is 0 Å². The van der Waals surface area contributed by atoms with Crippen molar-refractivity contribution in [2.24, 2.45) is 10.7 Å². The number of aromatic hydroxyl groups is 1. The summed E-state index contributed by atoms with van der Waals surface area (Å²) < 4.78 is 38.5. The minimum atomic E-state index is -4.45. The third-order valence-electron chi connectivity index (χ3n) is 6.15. The molecule has 0 saturated heterocycles. The summed E-state index contributed by atoms with van der Waals surface area (Å²) in [5.41, 5.74) is 6.86. The summed E-state index contributed by atoms with van der Waals surface area (Å²) in [6, 6.07) is 14.5. The summed E-state index contributed by atoms with van der Waals surface area (Å²) >= 11 is 2.22. The SMILES string of the molecule is CC(=NCC(=O)c1ccc(C(=O)CCc2ccccc2C(N)=O)s1)c1csc(-c2ccc(C(F)(F)F)cc2)c1O. The number of amides is 1. The topological polar surface area (TPSA) is 110 Å². The Morgan fingerprint density at radius 2 is 1.57 bits per heavy atom. The number of benzene rings is 2. The molecule has 0 spiro atoms. The second-order valence-electron chi connectivity index (χ2n) is 8.84. The van der Waals surface area contributed by atoms with Crippen LogP contribution in [-0.2, 0) is 12.6 Å². The molecule has 40 heavy (non-hydrogen) atoms. The van der Waals surface area contributed by atoms with Gasteiger partial charge in [-0.15, -0.1) is 22.7 Å². The van der Waals surface area contributed by atoms with Gasteiger partial charge in [0.15, 0.2) is 11.6 Å². The lowest BCUT2D eigenvalue weighted by atomic mass is 10.0. The fourth-order valence-corrected chi connectivity index (χ4v) is 5.88. The number of halogens is 3. The Balaban J connectivity index is 1.39. The largest absolute Gasteiger partial charge is 0.506 e. The first-order chi connectivity index (χ1) is 19.0. The van der Waals surface area contributed by atoms with Gasteiger partial charge in [-0.05, 0) is 54.8 Å². The Kier molecular flexibility index (Phi) is 8.65. The normalized spacial score (nSPS) is 11.9. The molecule has 0 aliphatic rings. The molecule has 0 saturated carbocycles. The maximum absolute atomic E-state index is 12.8. The average molecular weight is 585 g/mol. The van der Waals surface area contributed by atoms with Gasteiger partial charge in [-0.2, -0.15) is 13.2 Å². The Bertz CT molecular complexity index is 1600. The number of carbonyl (C=O) groups is 3. The number of aliphatic imine (C=N–C) groups is 1. The fraction of sp³-hybridized carbons (Fsp3) is 0.172. The zero-order valence-corrected chi connectivity index (χ0v) is 22.8. The molecule has 2 aromatic carbocycles. The van der Waals surface area contributed by atoms with Gasteiger partial charge in [0, 0.05) is 28.6 Å². The number of primary amides is 1. The molecule has 4 rings (SSSR count). The van der Waals surface area contributed by atoms with Crippen molar-refractivity contribution < 1.29 is 32.7 Å². The minimum absolute atomic E-state index is 0.125. The number of nitrogens with zero attached hydrogens (tertiary/aromatic N) is 1. The number of ketones is 2. The zero-order chi connectivity index (χ0) is 29.0. The van der Waals surface area contributed by atoms with Gasteiger partial charge in [0.1, 0.15) is 12.3 Å². The zero-order valence-electron chi connectivity index (χ0n) is 21.1. The van der Waals surface area contributed by atoms with Crippen LogP contribution in [0.1, 0.15) is 59.7 Å². The molecule has 6 nitrogen and oxygen atoms in total. The smallest absolute Gasteiger partial charge is 0.416 e. The van der Waals surface area contributed by atoms with Crippen LogP contribution in [-0.4, -0.2) is 34.8 Å². The number of thiophene rings is 2. The summed E-state index contributed by atoms with van der Waals surface area (Å²) in [6.07, 6.45) is -3.97. The molecule has 3 N–H and O–H groups in total. The minimum Gasteiger partial charge on any atom is -0.506 e. The monoisotopic (exact) mass is 584 g/mol. The summed E-state index contributed by atoms with van der Waals surface area (Å²) in [7, 11) is 0. The molecule has 11 heteroatoms. The van der Waals surface area contributed by atoms with Crippen molar-refractivity contribution in [2.45, 2.75) is 25.9 Å². The van der Waals surface area contributed by atoms with Crippen LogP contribution in [0.3, 0.4) is 0 Å². The molecular formula is C29H23F3N2O4S2. The van der Waals surface area contributed by atoms with Crippen molar-refractivity contribution >= 4 is 45.9 Å². The Hall–Kier alpha value is -4.09. The molecule has 0 aliphatic carbocycles. The number of aryl methyl sites for hydroxylation is 1. The second-order valence-corrected chi connectivity index (χ2v) is 10.8. The van der Waals surface area contributed by atoms with E-state index in [0.29, 0.717) is 49.0 Å². The summed E-state index contributed by atoms with van der Waals surface area (Å²) in [4.78, 5) is 42.4. The Morgan fingerprint density at radius 3 is 2.23 bits per heavy atom. The molecule has 1 amide bonds. The van der Waals surface area contributed by atoms with E-state index in [1.807, 2.05) is 0 Å². The highest BCUT2D eigenvalue weighted by Gasteiger charge is 2.30. The molecule has 0 unspecified atom stereocenters. The van der Waals surface area contributed by atoms with Gasteiger partial charge in [0.2, 0.25) is 5.91 Å². The first-order valence-corrected chi connectivity index (χ1v) is 13.7. The molecule has 0 bridgehead atoms. The van der Waals surface area contributed by atoms with E-state index in [1.165, 1.54) is 12.1 Å². The molecule has 2 heterocycles. The van der Waals surface area contributed by atoms with Crippen LogP contribution >= 0.6 is 22.7 Å². The average Bonchev–Trinajstić information content (AvgIpc) is 3.57. The highest BCUT2D eigenvalue weighted by atomic mass is 32.1. The van der Waals surface area contributed by atoms with Crippen LogP contribution in [0, 0.1) is 0 Å². The van der Waals surface area contributed by atoms with E-state index in [1.54, 1.807) is 48.7 Å². The van der Waals surface area contributed by atoms with Gasteiger partial charge in [0.05, 0.1) is 20.2 Å². The lowest BCUT2D eigenvalue weighted by Gasteiger charge is -2.07. The van der Waals surface area contributed by atoms with Crippen LogP contribution in [0.2, 0.25) is 0 Å². The Morgan fingerprint density at radius 1 is 0.925 bits per heavy atom. The van der Waals surface area contributed by atoms with Crippen LogP contribution in [0.15, 0.2) is 71.0 Å². The summed E-state index contributed by atoms with van der Waals surface area (Å²) in [5.74, 6) is -1.16. The van der Waals surface area contributed by atoms with E-state index in [2.05, 4.69) is 4.99 Å². The van der Waals surface area contributed by atoms with E-state index in [-0.39, 0.29) is 30.3 Å². The quantitative estimate of drug-likeness (QED) is 0.158. The van der Waals surface area contributed by atoms with Gasteiger partial charge >= 0.3 is 6.18 Å².